The van der Waals surface area contributed by atoms with E-state index in [9.17, 15) is 9.00 Å². The van der Waals surface area contributed by atoms with Crippen molar-refractivity contribution in [2.45, 2.75) is 26.5 Å². The zero-order valence-electron chi connectivity index (χ0n) is 15.6. The van der Waals surface area contributed by atoms with Crippen molar-refractivity contribution in [2.75, 3.05) is 11.1 Å². The SMILES string of the molecule is Cc1ccc(-c2nc(CS(=O)CC(=O)Nc3ccc(C)c(C)c3)cs2)cc1. The van der Waals surface area contributed by atoms with Crippen molar-refractivity contribution in [1.82, 2.24) is 4.98 Å². The molecular weight excluding hydrogens is 376 g/mol. The molecule has 6 heteroatoms. The molecule has 1 N–H and O–H groups in total. The Balaban J connectivity index is 1.56. The van der Waals surface area contributed by atoms with Gasteiger partial charge in [-0.3, -0.25) is 9.00 Å². The molecule has 1 aromatic heterocycles. The Hall–Kier alpha value is -2.31. The van der Waals surface area contributed by atoms with E-state index in [4.69, 9.17) is 0 Å². The molecule has 0 saturated carbocycles. The number of anilines is 1. The average molecular weight is 399 g/mol. The van der Waals surface area contributed by atoms with Crippen LogP contribution in [0.5, 0.6) is 0 Å². The van der Waals surface area contributed by atoms with Gasteiger partial charge in [-0.25, -0.2) is 4.98 Å². The molecule has 3 aromatic rings. The van der Waals surface area contributed by atoms with Crippen molar-refractivity contribution in [3.05, 3.63) is 70.2 Å². The quantitative estimate of drug-likeness (QED) is 0.659. The maximum atomic E-state index is 12.3. The van der Waals surface area contributed by atoms with Crippen LogP contribution in [0.2, 0.25) is 0 Å². The molecule has 1 heterocycles. The minimum Gasteiger partial charge on any atom is -0.325 e. The van der Waals surface area contributed by atoms with Crippen LogP contribution in [-0.2, 0) is 21.3 Å². The van der Waals surface area contributed by atoms with Gasteiger partial charge < -0.3 is 5.32 Å². The summed E-state index contributed by atoms with van der Waals surface area (Å²) in [5.41, 5.74) is 6.02. The summed E-state index contributed by atoms with van der Waals surface area (Å²) >= 11 is 1.53. The average Bonchev–Trinajstić information content (AvgIpc) is 3.07. The number of benzene rings is 2. The van der Waals surface area contributed by atoms with E-state index in [2.05, 4.69) is 10.3 Å². The number of hydrogen-bond acceptors (Lipinski definition) is 4. The third kappa shape index (κ3) is 5.34. The van der Waals surface area contributed by atoms with Gasteiger partial charge in [0, 0.05) is 27.4 Å². The molecule has 0 aliphatic carbocycles. The number of thiazole rings is 1. The number of hydrogen-bond donors (Lipinski definition) is 1. The van der Waals surface area contributed by atoms with E-state index in [1.165, 1.54) is 22.5 Å². The van der Waals surface area contributed by atoms with E-state index in [0.717, 1.165) is 27.5 Å². The van der Waals surface area contributed by atoms with Crippen LogP contribution < -0.4 is 5.32 Å². The highest BCUT2D eigenvalue weighted by atomic mass is 32.2. The van der Waals surface area contributed by atoms with E-state index < -0.39 is 10.8 Å². The third-order valence-corrected chi connectivity index (χ3v) is 6.38. The second kappa shape index (κ2) is 8.59. The van der Waals surface area contributed by atoms with Gasteiger partial charge in [-0.15, -0.1) is 11.3 Å². The highest BCUT2D eigenvalue weighted by Crippen LogP contribution is 2.24. The molecule has 0 aliphatic rings. The van der Waals surface area contributed by atoms with Gasteiger partial charge in [0.25, 0.3) is 0 Å². The molecule has 0 radical (unpaired) electrons. The maximum absolute atomic E-state index is 12.3. The normalized spacial score (nSPS) is 12.0. The van der Waals surface area contributed by atoms with E-state index in [1.54, 1.807) is 0 Å². The largest absolute Gasteiger partial charge is 0.325 e. The van der Waals surface area contributed by atoms with Gasteiger partial charge >= 0.3 is 0 Å². The smallest absolute Gasteiger partial charge is 0.237 e. The molecule has 0 aliphatic heterocycles. The van der Waals surface area contributed by atoms with E-state index in [0.29, 0.717) is 0 Å². The van der Waals surface area contributed by atoms with Crippen LogP contribution in [0.3, 0.4) is 0 Å². The number of carbonyl (C=O) groups is 1. The van der Waals surface area contributed by atoms with Crippen LogP contribution in [0, 0.1) is 20.8 Å². The third-order valence-electron chi connectivity index (χ3n) is 4.24. The topological polar surface area (TPSA) is 59.1 Å². The van der Waals surface area contributed by atoms with E-state index >= 15 is 0 Å². The van der Waals surface area contributed by atoms with Crippen molar-refractivity contribution in [2.24, 2.45) is 0 Å². The number of carbonyl (C=O) groups excluding carboxylic acids is 1. The number of aryl methyl sites for hydroxylation is 3. The molecule has 0 bridgehead atoms. The molecule has 1 amide bonds. The fraction of sp³-hybridized carbons (Fsp3) is 0.238. The molecule has 27 heavy (non-hydrogen) atoms. The van der Waals surface area contributed by atoms with Crippen LogP contribution in [-0.4, -0.2) is 20.9 Å². The molecule has 0 spiro atoms. The lowest BCUT2D eigenvalue weighted by Crippen LogP contribution is -2.20. The summed E-state index contributed by atoms with van der Waals surface area (Å²) in [4.78, 5) is 16.7. The van der Waals surface area contributed by atoms with Crippen molar-refractivity contribution in [3.8, 4) is 10.6 Å². The standard InChI is InChI=1S/C21H22N2O2S2/c1-14-4-7-17(8-5-14)21-23-19(11-26-21)12-27(25)13-20(24)22-18-9-6-15(2)16(3)10-18/h4-11H,12-13H2,1-3H3,(H,22,24). The minimum absolute atomic E-state index is 0.0374. The Morgan fingerprint density at radius 2 is 1.81 bits per heavy atom. The lowest BCUT2D eigenvalue weighted by molar-refractivity contribution is -0.113. The molecular formula is C21H22N2O2S2. The fourth-order valence-electron chi connectivity index (χ4n) is 2.58. The fourth-order valence-corrected chi connectivity index (χ4v) is 4.46. The summed E-state index contributed by atoms with van der Waals surface area (Å²) in [6.07, 6.45) is 0. The predicted molar refractivity (Wildman–Crippen MR) is 114 cm³/mol. The van der Waals surface area contributed by atoms with Crippen LogP contribution in [0.4, 0.5) is 5.69 Å². The molecule has 2 aromatic carbocycles. The Morgan fingerprint density at radius 3 is 2.52 bits per heavy atom. The molecule has 0 fully saturated rings. The van der Waals surface area contributed by atoms with Gasteiger partial charge in [0.1, 0.15) is 10.8 Å². The van der Waals surface area contributed by atoms with Gasteiger partial charge in [0.2, 0.25) is 5.91 Å². The summed E-state index contributed by atoms with van der Waals surface area (Å²) < 4.78 is 12.3. The van der Waals surface area contributed by atoms with Crippen LogP contribution in [0.15, 0.2) is 47.8 Å². The first kappa shape index (κ1) is 19.5. The zero-order valence-corrected chi connectivity index (χ0v) is 17.2. The number of nitrogens with one attached hydrogen (secondary N) is 1. The summed E-state index contributed by atoms with van der Waals surface area (Å²) in [7, 11) is -1.30. The molecule has 0 saturated heterocycles. The van der Waals surface area contributed by atoms with Crippen molar-refractivity contribution >= 4 is 33.7 Å². The lowest BCUT2D eigenvalue weighted by Gasteiger charge is -2.07. The Morgan fingerprint density at radius 1 is 1.07 bits per heavy atom. The Labute approximate surface area is 166 Å². The highest BCUT2D eigenvalue weighted by Gasteiger charge is 2.12. The maximum Gasteiger partial charge on any atom is 0.237 e. The zero-order chi connectivity index (χ0) is 19.4. The lowest BCUT2D eigenvalue weighted by atomic mass is 10.1. The van der Waals surface area contributed by atoms with Gasteiger partial charge in [-0.05, 0) is 44.0 Å². The Kier molecular flexibility index (Phi) is 6.19. The minimum atomic E-state index is -1.30. The number of nitrogens with zero attached hydrogens (tertiary/aromatic N) is 1. The molecule has 1 unspecified atom stereocenters. The first-order valence-electron chi connectivity index (χ1n) is 8.64. The molecule has 140 valence electrons. The monoisotopic (exact) mass is 398 g/mol. The highest BCUT2D eigenvalue weighted by molar-refractivity contribution is 7.84. The Bertz CT molecular complexity index is 978. The van der Waals surface area contributed by atoms with Gasteiger partial charge in [0.05, 0.1) is 11.4 Å². The summed E-state index contributed by atoms with van der Waals surface area (Å²) in [6.45, 7) is 6.06. The van der Waals surface area contributed by atoms with Crippen molar-refractivity contribution < 1.29 is 9.00 Å². The van der Waals surface area contributed by atoms with Gasteiger partial charge in [-0.1, -0.05) is 35.9 Å². The second-order valence-electron chi connectivity index (χ2n) is 6.59. The van der Waals surface area contributed by atoms with Crippen molar-refractivity contribution in [3.63, 3.8) is 0 Å². The first-order valence-corrected chi connectivity index (χ1v) is 11.0. The summed E-state index contributed by atoms with van der Waals surface area (Å²) in [5, 5.41) is 5.63. The number of aromatic nitrogens is 1. The van der Waals surface area contributed by atoms with Crippen LogP contribution in [0.25, 0.3) is 10.6 Å². The second-order valence-corrected chi connectivity index (χ2v) is 8.90. The number of rotatable bonds is 6. The van der Waals surface area contributed by atoms with E-state index in [1.807, 2.05) is 68.6 Å². The van der Waals surface area contributed by atoms with Gasteiger partial charge in [0.15, 0.2) is 0 Å². The molecule has 4 nitrogen and oxygen atoms in total. The summed E-state index contributed by atoms with van der Waals surface area (Å²) in [6, 6.07) is 13.9. The van der Waals surface area contributed by atoms with Crippen LogP contribution >= 0.6 is 11.3 Å². The van der Waals surface area contributed by atoms with E-state index in [-0.39, 0.29) is 17.4 Å². The van der Waals surface area contributed by atoms with Gasteiger partial charge in [-0.2, -0.15) is 0 Å². The van der Waals surface area contributed by atoms with Crippen LogP contribution in [0.1, 0.15) is 22.4 Å². The predicted octanol–water partition coefficient (Wildman–Crippen LogP) is 4.62. The first-order chi connectivity index (χ1) is 12.9. The summed E-state index contributed by atoms with van der Waals surface area (Å²) in [5.74, 6) is -0.00176. The number of amides is 1. The van der Waals surface area contributed by atoms with Crippen molar-refractivity contribution in [1.29, 1.82) is 0 Å². The molecule has 1 atom stereocenters. The molecule has 3 rings (SSSR count).